The molecule has 0 radical (unpaired) electrons. The minimum Gasteiger partial charge on any atom is -0.392 e. The highest BCUT2D eigenvalue weighted by atomic mass is 32.2. The Balaban J connectivity index is 2.18. The van der Waals surface area contributed by atoms with Gasteiger partial charge in [0.1, 0.15) is 10.7 Å². The van der Waals surface area contributed by atoms with Crippen molar-refractivity contribution < 1.29 is 17.9 Å². The van der Waals surface area contributed by atoms with Crippen molar-refractivity contribution in [1.82, 2.24) is 14.3 Å². The van der Waals surface area contributed by atoms with Gasteiger partial charge in [0.25, 0.3) is 0 Å². The summed E-state index contributed by atoms with van der Waals surface area (Å²) < 4.78 is 42.2. The van der Waals surface area contributed by atoms with Crippen molar-refractivity contribution in [1.29, 1.82) is 0 Å². The first-order valence-electron chi connectivity index (χ1n) is 6.30. The van der Waals surface area contributed by atoms with Gasteiger partial charge in [-0.3, -0.25) is 0 Å². The first kappa shape index (κ1) is 15.6. The molecule has 1 unspecified atom stereocenters. The van der Waals surface area contributed by atoms with Crippen LogP contribution in [-0.2, 0) is 23.2 Å². The van der Waals surface area contributed by atoms with E-state index in [2.05, 4.69) is 9.71 Å². The Kier molecular flexibility index (Phi) is 4.71. The van der Waals surface area contributed by atoms with Crippen LogP contribution in [0, 0.1) is 5.82 Å². The van der Waals surface area contributed by atoms with E-state index in [0.29, 0.717) is 12.1 Å². The van der Waals surface area contributed by atoms with Gasteiger partial charge in [-0.25, -0.2) is 22.5 Å². The predicted molar refractivity (Wildman–Crippen MR) is 74.3 cm³/mol. The molecular weight excluding hydrogens is 297 g/mol. The van der Waals surface area contributed by atoms with Crippen LogP contribution in [0.25, 0.3) is 0 Å². The SMILES string of the molecule is CC(Cn1ccnc1)NS(=O)(=O)c1cc(CO)ccc1F. The van der Waals surface area contributed by atoms with Crippen molar-refractivity contribution in [3.05, 3.63) is 48.3 Å². The highest BCUT2D eigenvalue weighted by Crippen LogP contribution is 2.17. The number of rotatable bonds is 6. The van der Waals surface area contributed by atoms with Crippen LogP contribution in [0.2, 0.25) is 0 Å². The second-order valence-corrected chi connectivity index (χ2v) is 6.39. The van der Waals surface area contributed by atoms with Gasteiger partial charge >= 0.3 is 0 Å². The molecule has 2 aromatic rings. The Morgan fingerprint density at radius 3 is 2.86 bits per heavy atom. The number of hydrogen-bond donors (Lipinski definition) is 2. The molecule has 1 atom stereocenters. The molecule has 0 saturated heterocycles. The summed E-state index contributed by atoms with van der Waals surface area (Å²) in [5.41, 5.74) is 0.332. The van der Waals surface area contributed by atoms with Gasteiger partial charge in [-0.1, -0.05) is 6.07 Å². The summed E-state index contributed by atoms with van der Waals surface area (Å²) in [6, 6.07) is 3.05. The number of aromatic nitrogens is 2. The fraction of sp³-hybridized carbons (Fsp3) is 0.308. The minimum absolute atomic E-state index is 0.332. The maximum atomic E-state index is 13.7. The largest absolute Gasteiger partial charge is 0.392 e. The number of nitrogens with zero attached hydrogens (tertiary/aromatic N) is 2. The van der Waals surface area contributed by atoms with Gasteiger partial charge in [-0.05, 0) is 24.6 Å². The van der Waals surface area contributed by atoms with Crippen LogP contribution in [-0.4, -0.2) is 29.1 Å². The molecule has 114 valence electrons. The molecule has 0 aliphatic rings. The fourth-order valence-corrected chi connectivity index (χ4v) is 3.29. The highest BCUT2D eigenvalue weighted by molar-refractivity contribution is 7.89. The lowest BCUT2D eigenvalue weighted by Crippen LogP contribution is -2.35. The van der Waals surface area contributed by atoms with Gasteiger partial charge in [-0.15, -0.1) is 0 Å². The molecule has 2 rings (SSSR count). The molecule has 1 aromatic carbocycles. The predicted octanol–water partition coefficient (Wildman–Crippen LogP) is 0.882. The quantitative estimate of drug-likeness (QED) is 0.829. The second-order valence-electron chi connectivity index (χ2n) is 4.70. The number of aliphatic hydroxyl groups excluding tert-OH is 1. The summed E-state index contributed by atoms with van der Waals surface area (Å²) in [7, 11) is -4.00. The van der Waals surface area contributed by atoms with E-state index in [9.17, 15) is 12.8 Å². The smallest absolute Gasteiger partial charge is 0.243 e. The number of halogens is 1. The second kappa shape index (κ2) is 6.33. The fourth-order valence-electron chi connectivity index (χ4n) is 1.93. The molecule has 0 spiro atoms. The average Bonchev–Trinajstić information content (AvgIpc) is 2.91. The van der Waals surface area contributed by atoms with Crippen molar-refractivity contribution in [3.63, 3.8) is 0 Å². The van der Waals surface area contributed by atoms with Crippen molar-refractivity contribution in [3.8, 4) is 0 Å². The molecule has 0 aliphatic carbocycles. The molecular formula is C13H16FN3O3S. The lowest BCUT2D eigenvalue weighted by Gasteiger charge is -2.15. The van der Waals surface area contributed by atoms with E-state index in [1.807, 2.05) is 0 Å². The van der Waals surface area contributed by atoms with Gasteiger partial charge in [0.15, 0.2) is 0 Å². The third kappa shape index (κ3) is 3.87. The lowest BCUT2D eigenvalue weighted by molar-refractivity contribution is 0.281. The Morgan fingerprint density at radius 1 is 1.48 bits per heavy atom. The van der Waals surface area contributed by atoms with Gasteiger partial charge < -0.3 is 9.67 Å². The molecule has 8 heteroatoms. The van der Waals surface area contributed by atoms with Crippen LogP contribution < -0.4 is 4.72 Å². The van der Waals surface area contributed by atoms with Crippen LogP contribution in [0.5, 0.6) is 0 Å². The topological polar surface area (TPSA) is 84.2 Å². The molecule has 0 amide bonds. The molecule has 1 aromatic heterocycles. The van der Waals surface area contributed by atoms with Gasteiger partial charge in [0.2, 0.25) is 10.0 Å². The lowest BCUT2D eigenvalue weighted by atomic mass is 10.2. The van der Waals surface area contributed by atoms with E-state index in [-0.39, 0.29) is 6.61 Å². The first-order valence-corrected chi connectivity index (χ1v) is 7.78. The monoisotopic (exact) mass is 313 g/mol. The van der Waals surface area contributed by atoms with Crippen LogP contribution in [0.4, 0.5) is 4.39 Å². The number of hydrogen-bond acceptors (Lipinski definition) is 4. The summed E-state index contributed by atoms with van der Waals surface area (Å²) in [6.07, 6.45) is 4.86. The summed E-state index contributed by atoms with van der Waals surface area (Å²) in [4.78, 5) is 3.40. The molecule has 2 N–H and O–H groups in total. The third-order valence-corrected chi connectivity index (χ3v) is 4.47. The normalized spacial score (nSPS) is 13.3. The van der Waals surface area contributed by atoms with Crippen molar-refractivity contribution in [2.75, 3.05) is 0 Å². The molecule has 0 fully saturated rings. The number of imidazole rings is 1. The average molecular weight is 313 g/mol. The number of nitrogens with one attached hydrogen (secondary N) is 1. The zero-order valence-electron chi connectivity index (χ0n) is 11.4. The van der Waals surface area contributed by atoms with E-state index in [1.165, 1.54) is 6.07 Å². The van der Waals surface area contributed by atoms with E-state index in [0.717, 1.165) is 12.1 Å². The Labute approximate surface area is 122 Å². The zero-order valence-corrected chi connectivity index (χ0v) is 12.2. The van der Waals surface area contributed by atoms with Gasteiger partial charge in [-0.2, -0.15) is 0 Å². The van der Waals surface area contributed by atoms with Crippen molar-refractivity contribution >= 4 is 10.0 Å². The molecule has 0 aliphatic heterocycles. The van der Waals surface area contributed by atoms with E-state index in [1.54, 1.807) is 30.2 Å². The summed E-state index contributed by atoms with van der Waals surface area (Å²) >= 11 is 0. The maximum absolute atomic E-state index is 13.7. The summed E-state index contributed by atoms with van der Waals surface area (Å²) in [6.45, 7) is 1.69. The summed E-state index contributed by atoms with van der Waals surface area (Å²) in [5, 5.41) is 9.02. The Hall–Kier alpha value is -1.77. The first-order chi connectivity index (χ1) is 9.92. The van der Waals surface area contributed by atoms with Crippen molar-refractivity contribution in [2.45, 2.75) is 31.0 Å². The van der Waals surface area contributed by atoms with E-state index < -0.39 is 26.8 Å². The summed E-state index contributed by atoms with van der Waals surface area (Å²) in [5.74, 6) is -0.852. The van der Waals surface area contributed by atoms with Gasteiger partial charge in [0, 0.05) is 25.0 Å². The molecule has 21 heavy (non-hydrogen) atoms. The minimum atomic E-state index is -4.00. The molecule has 0 saturated carbocycles. The molecule has 0 bridgehead atoms. The van der Waals surface area contributed by atoms with Gasteiger partial charge in [0.05, 0.1) is 12.9 Å². The van der Waals surface area contributed by atoms with Crippen LogP contribution >= 0.6 is 0 Å². The maximum Gasteiger partial charge on any atom is 0.243 e. The van der Waals surface area contributed by atoms with Crippen LogP contribution in [0.1, 0.15) is 12.5 Å². The van der Waals surface area contributed by atoms with E-state index >= 15 is 0 Å². The number of sulfonamides is 1. The molecule has 6 nitrogen and oxygen atoms in total. The number of aliphatic hydroxyl groups is 1. The molecule has 1 heterocycles. The number of benzene rings is 1. The standard InChI is InChI=1S/C13H16FN3O3S/c1-10(7-17-5-4-15-9-17)16-21(19,20)13-6-11(8-18)2-3-12(13)14/h2-6,9-10,16,18H,7-8H2,1H3. The van der Waals surface area contributed by atoms with E-state index in [4.69, 9.17) is 5.11 Å². The highest BCUT2D eigenvalue weighted by Gasteiger charge is 2.22. The Morgan fingerprint density at radius 2 is 2.24 bits per heavy atom. The third-order valence-electron chi connectivity index (χ3n) is 2.87. The van der Waals surface area contributed by atoms with Crippen molar-refractivity contribution in [2.24, 2.45) is 0 Å². The zero-order chi connectivity index (χ0) is 15.5. The Bertz CT molecular complexity index is 701. The van der Waals surface area contributed by atoms with Crippen LogP contribution in [0.15, 0.2) is 41.8 Å². The van der Waals surface area contributed by atoms with Crippen LogP contribution in [0.3, 0.4) is 0 Å².